The Bertz CT molecular complexity index is 303. The molecule has 1 aromatic carbocycles. The van der Waals surface area contributed by atoms with Crippen LogP contribution in [0.3, 0.4) is 0 Å². The van der Waals surface area contributed by atoms with Crippen LogP contribution in [0.2, 0.25) is 0 Å². The lowest BCUT2D eigenvalue weighted by Gasteiger charge is -2.20. The van der Waals surface area contributed by atoms with E-state index in [1.165, 1.54) is 0 Å². The Morgan fingerprint density at radius 2 is 1.93 bits per heavy atom. The number of amides is 1. The lowest BCUT2D eigenvalue weighted by molar-refractivity contribution is -0.116. The van der Waals surface area contributed by atoms with Gasteiger partial charge in [0.15, 0.2) is 0 Å². The van der Waals surface area contributed by atoms with Gasteiger partial charge >= 0.3 is 0 Å². The maximum Gasteiger partial charge on any atom is 0.223 e. The Hall–Kier alpha value is -1.31. The van der Waals surface area contributed by atoms with E-state index in [0.29, 0.717) is 0 Å². The van der Waals surface area contributed by atoms with Gasteiger partial charge in [0, 0.05) is 19.2 Å². The van der Waals surface area contributed by atoms with Crippen molar-refractivity contribution in [2.24, 2.45) is 0 Å². The van der Waals surface area contributed by atoms with Crippen molar-refractivity contribution in [2.75, 3.05) is 11.4 Å². The number of hydrogen-bond donors (Lipinski definition) is 0. The van der Waals surface area contributed by atoms with Gasteiger partial charge in [-0.1, -0.05) is 19.1 Å². The summed E-state index contributed by atoms with van der Waals surface area (Å²) in [5.74, 6) is 0.0867. The monoisotopic (exact) mass is 190 g/mol. The van der Waals surface area contributed by atoms with Gasteiger partial charge in [-0.25, -0.2) is 0 Å². The molecule has 0 saturated heterocycles. The summed E-state index contributed by atoms with van der Waals surface area (Å²) in [4.78, 5) is 13.1. The van der Waals surface area contributed by atoms with Crippen LogP contribution >= 0.6 is 0 Å². The first kappa shape index (κ1) is 10.8. The normalized spacial score (nSPS) is 9.93. The molecule has 0 aromatic heterocycles. The maximum atomic E-state index is 11.3. The zero-order chi connectivity index (χ0) is 10.6. The second kappa shape index (κ2) is 4.80. The molecular formula is C12H16NO. The lowest BCUT2D eigenvalue weighted by Crippen LogP contribution is -2.28. The first-order chi connectivity index (χ1) is 6.65. The van der Waals surface area contributed by atoms with E-state index in [4.69, 9.17) is 0 Å². The summed E-state index contributed by atoms with van der Waals surface area (Å²) in [5, 5.41) is 0. The Kier molecular flexibility index (Phi) is 3.69. The van der Waals surface area contributed by atoms with Gasteiger partial charge < -0.3 is 4.90 Å². The van der Waals surface area contributed by atoms with E-state index >= 15 is 0 Å². The quantitative estimate of drug-likeness (QED) is 0.717. The Morgan fingerprint density at radius 3 is 2.36 bits per heavy atom. The molecule has 0 aliphatic rings. The van der Waals surface area contributed by atoms with Crippen molar-refractivity contribution >= 4 is 11.6 Å². The van der Waals surface area contributed by atoms with Crippen molar-refractivity contribution in [1.82, 2.24) is 0 Å². The van der Waals surface area contributed by atoms with E-state index < -0.39 is 0 Å². The van der Waals surface area contributed by atoms with Crippen molar-refractivity contribution in [2.45, 2.75) is 20.3 Å². The molecule has 1 rings (SSSR count). The molecule has 0 spiro atoms. The molecule has 0 fully saturated rings. The van der Waals surface area contributed by atoms with Crippen LogP contribution in [0.5, 0.6) is 0 Å². The average Bonchev–Trinajstić information content (AvgIpc) is 2.15. The standard InChI is InChI=1S/C12H16NO/c1-4-9-13(11(3)14)12-7-5-10(2)6-8-12/h5-8H,2,4,9H2,1,3H3. The summed E-state index contributed by atoms with van der Waals surface area (Å²) in [5.41, 5.74) is 1.92. The summed E-state index contributed by atoms with van der Waals surface area (Å²) in [6, 6.07) is 7.70. The number of carbonyl (C=O) groups is 1. The molecule has 0 atom stereocenters. The fourth-order valence-electron chi connectivity index (χ4n) is 1.37. The van der Waals surface area contributed by atoms with Crippen molar-refractivity contribution in [3.05, 3.63) is 36.8 Å². The number of rotatable bonds is 3. The van der Waals surface area contributed by atoms with Crippen LogP contribution in [0, 0.1) is 6.92 Å². The highest BCUT2D eigenvalue weighted by Crippen LogP contribution is 2.15. The Labute approximate surface area is 85.5 Å². The number of carbonyl (C=O) groups excluding carboxylic acids is 1. The molecule has 0 N–H and O–H groups in total. The smallest absolute Gasteiger partial charge is 0.223 e. The van der Waals surface area contributed by atoms with Crippen LogP contribution < -0.4 is 4.90 Å². The minimum Gasteiger partial charge on any atom is -0.313 e. The second-order valence-electron chi connectivity index (χ2n) is 3.34. The highest BCUT2D eigenvalue weighted by atomic mass is 16.2. The number of anilines is 1. The predicted molar refractivity (Wildman–Crippen MR) is 59.2 cm³/mol. The van der Waals surface area contributed by atoms with Crippen LogP contribution in [0.4, 0.5) is 5.69 Å². The van der Waals surface area contributed by atoms with Crippen molar-refractivity contribution in [1.29, 1.82) is 0 Å². The van der Waals surface area contributed by atoms with E-state index in [-0.39, 0.29) is 5.91 Å². The molecular weight excluding hydrogens is 174 g/mol. The third-order valence-electron chi connectivity index (χ3n) is 2.08. The number of benzene rings is 1. The van der Waals surface area contributed by atoms with Gasteiger partial charge in [-0.05, 0) is 31.0 Å². The summed E-state index contributed by atoms with van der Waals surface area (Å²) < 4.78 is 0. The predicted octanol–water partition coefficient (Wildman–Crippen LogP) is 2.63. The van der Waals surface area contributed by atoms with E-state index in [1.807, 2.05) is 24.3 Å². The van der Waals surface area contributed by atoms with Crippen molar-refractivity contribution in [3.8, 4) is 0 Å². The van der Waals surface area contributed by atoms with Gasteiger partial charge in [0.25, 0.3) is 0 Å². The average molecular weight is 190 g/mol. The highest BCUT2D eigenvalue weighted by molar-refractivity contribution is 5.91. The van der Waals surface area contributed by atoms with Crippen LogP contribution in [0.15, 0.2) is 24.3 Å². The lowest BCUT2D eigenvalue weighted by atomic mass is 10.2. The molecule has 14 heavy (non-hydrogen) atoms. The molecule has 0 bridgehead atoms. The van der Waals surface area contributed by atoms with Crippen LogP contribution in [0.25, 0.3) is 0 Å². The number of nitrogens with zero attached hydrogens (tertiary/aromatic N) is 1. The van der Waals surface area contributed by atoms with E-state index in [1.54, 1.807) is 11.8 Å². The first-order valence-corrected chi connectivity index (χ1v) is 4.85. The van der Waals surface area contributed by atoms with Crippen molar-refractivity contribution < 1.29 is 4.79 Å². The zero-order valence-corrected chi connectivity index (χ0v) is 8.79. The van der Waals surface area contributed by atoms with Gasteiger partial charge in [0.2, 0.25) is 5.91 Å². The molecule has 0 heterocycles. The van der Waals surface area contributed by atoms with Crippen molar-refractivity contribution in [3.63, 3.8) is 0 Å². The minimum atomic E-state index is 0.0867. The van der Waals surface area contributed by atoms with E-state index in [2.05, 4.69) is 13.8 Å². The molecule has 0 unspecified atom stereocenters. The fraction of sp³-hybridized carbons (Fsp3) is 0.333. The molecule has 75 valence electrons. The van der Waals surface area contributed by atoms with Crippen LogP contribution in [-0.4, -0.2) is 12.5 Å². The Morgan fingerprint density at radius 1 is 1.36 bits per heavy atom. The summed E-state index contributed by atoms with van der Waals surface area (Å²) >= 11 is 0. The minimum absolute atomic E-state index is 0.0867. The van der Waals surface area contributed by atoms with Gasteiger partial charge in [-0.2, -0.15) is 0 Å². The van der Waals surface area contributed by atoms with Gasteiger partial charge in [0.05, 0.1) is 0 Å². The molecule has 1 amide bonds. The second-order valence-corrected chi connectivity index (χ2v) is 3.34. The topological polar surface area (TPSA) is 20.3 Å². The SMILES string of the molecule is [CH2]c1ccc(N(CCC)C(C)=O)cc1. The third kappa shape index (κ3) is 2.59. The van der Waals surface area contributed by atoms with E-state index in [9.17, 15) is 4.79 Å². The largest absolute Gasteiger partial charge is 0.313 e. The summed E-state index contributed by atoms with van der Waals surface area (Å²) in [6.07, 6.45) is 0.964. The molecule has 0 aliphatic heterocycles. The molecule has 0 aliphatic carbocycles. The Balaban J connectivity index is 2.87. The highest BCUT2D eigenvalue weighted by Gasteiger charge is 2.08. The fourth-order valence-corrected chi connectivity index (χ4v) is 1.37. The summed E-state index contributed by atoms with van der Waals surface area (Å²) in [7, 11) is 0. The van der Waals surface area contributed by atoms with Gasteiger partial charge in [-0.3, -0.25) is 4.79 Å². The maximum absolute atomic E-state index is 11.3. The zero-order valence-electron chi connectivity index (χ0n) is 8.79. The molecule has 2 heteroatoms. The van der Waals surface area contributed by atoms with Gasteiger partial charge in [0.1, 0.15) is 0 Å². The molecule has 1 radical (unpaired) electrons. The molecule has 2 nitrogen and oxygen atoms in total. The molecule has 1 aromatic rings. The first-order valence-electron chi connectivity index (χ1n) is 4.85. The van der Waals surface area contributed by atoms with Crippen LogP contribution in [0.1, 0.15) is 25.8 Å². The van der Waals surface area contributed by atoms with Crippen LogP contribution in [-0.2, 0) is 4.79 Å². The molecule has 0 saturated carbocycles. The summed E-state index contributed by atoms with van der Waals surface area (Å²) in [6.45, 7) is 8.23. The van der Waals surface area contributed by atoms with Gasteiger partial charge in [-0.15, -0.1) is 0 Å². The number of hydrogen-bond acceptors (Lipinski definition) is 1. The third-order valence-corrected chi connectivity index (χ3v) is 2.08. The van der Waals surface area contributed by atoms with E-state index in [0.717, 1.165) is 24.2 Å².